The quantitative estimate of drug-likeness (QED) is 0.772. The van der Waals surface area contributed by atoms with E-state index in [2.05, 4.69) is 12.3 Å². The van der Waals surface area contributed by atoms with Crippen LogP contribution in [0.4, 0.5) is 5.69 Å². The molecule has 1 heterocycles. The van der Waals surface area contributed by atoms with E-state index in [1.54, 1.807) is 12.1 Å². The molecule has 1 aromatic rings. The monoisotopic (exact) mass is 224 g/mol. The Balaban J connectivity index is 2.29. The van der Waals surface area contributed by atoms with Crippen molar-refractivity contribution in [2.75, 3.05) is 12.0 Å². The van der Waals surface area contributed by atoms with Crippen molar-refractivity contribution in [3.05, 3.63) is 23.8 Å². The summed E-state index contributed by atoms with van der Waals surface area (Å²) in [6.07, 6.45) is 1.02. The standard InChI is InChI=1S/C10H12N2O2S/c1-2-6-12-11-8-5-3-4-7(10(13)14)9(8)15-12/h3-5,11H,2,6H2,1H3,(H,13,14). The Morgan fingerprint density at radius 2 is 2.40 bits per heavy atom. The number of carboxylic acid groups (broad SMARTS) is 1. The Morgan fingerprint density at radius 1 is 1.60 bits per heavy atom. The lowest BCUT2D eigenvalue weighted by atomic mass is 10.2. The molecule has 1 aromatic carbocycles. The molecule has 0 aliphatic carbocycles. The molecule has 0 saturated heterocycles. The third-order valence-electron chi connectivity index (χ3n) is 2.12. The summed E-state index contributed by atoms with van der Waals surface area (Å²) < 4.78 is 1.96. The number of rotatable bonds is 3. The van der Waals surface area contributed by atoms with Gasteiger partial charge in [0.05, 0.1) is 16.1 Å². The van der Waals surface area contributed by atoms with Gasteiger partial charge in [-0.05, 0) is 30.5 Å². The number of hydrogen-bond donors (Lipinski definition) is 2. The van der Waals surface area contributed by atoms with Crippen molar-refractivity contribution in [2.24, 2.45) is 0 Å². The van der Waals surface area contributed by atoms with E-state index in [4.69, 9.17) is 5.11 Å². The second-order valence-corrected chi connectivity index (χ2v) is 4.32. The number of fused-ring (bicyclic) bond motifs is 1. The first kappa shape index (κ1) is 10.3. The molecule has 1 aliphatic rings. The Bertz CT molecular complexity index is 395. The third-order valence-corrected chi connectivity index (χ3v) is 3.24. The van der Waals surface area contributed by atoms with Crippen molar-refractivity contribution in [3.8, 4) is 0 Å². The highest BCUT2D eigenvalue weighted by Crippen LogP contribution is 2.39. The number of hydrogen-bond acceptors (Lipinski definition) is 4. The van der Waals surface area contributed by atoms with E-state index in [1.165, 1.54) is 11.9 Å². The van der Waals surface area contributed by atoms with Gasteiger partial charge < -0.3 is 10.5 Å². The van der Waals surface area contributed by atoms with Gasteiger partial charge in [-0.25, -0.2) is 4.79 Å². The summed E-state index contributed by atoms with van der Waals surface area (Å²) in [5.41, 5.74) is 4.41. The topological polar surface area (TPSA) is 52.6 Å². The average Bonchev–Trinajstić information content (AvgIpc) is 2.59. The first-order chi connectivity index (χ1) is 7.22. The van der Waals surface area contributed by atoms with E-state index in [0.29, 0.717) is 5.56 Å². The molecule has 0 fully saturated rings. The minimum Gasteiger partial charge on any atom is -0.478 e. The zero-order chi connectivity index (χ0) is 10.8. The minimum atomic E-state index is -0.875. The molecule has 0 atom stereocenters. The Morgan fingerprint density at radius 3 is 3.07 bits per heavy atom. The number of benzene rings is 1. The maximum Gasteiger partial charge on any atom is 0.336 e. The molecule has 0 aromatic heterocycles. The van der Waals surface area contributed by atoms with Crippen molar-refractivity contribution in [1.29, 1.82) is 0 Å². The van der Waals surface area contributed by atoms with Crippen molar-refractivity contribution >= 4 is 23.6 Å². The number of carboxylic acids is 1. The lowest BCUT2D eigenvalue weighted by Gasteiger charge is -2.11. The predicted molar refractivity (Wildman–Crippen MR) is 59.9 cm³/mol. The van der Waals surface area contributed by atoms with Crippen LogP contribution in [0.25, 0.3) is 0 Å². The van der Waals surface area contributed by atoms with E-state index in [9.17, 15) is 4.79 Å². The number of aromatic carboxylic acids is 1. The smallest absolute Gasteiger partial charge is 0.336 e. The molecule has 5 heteroatoms. The summed E-state index contributed by atoms with van der Waals surface area (Å²) in [5.74, 6) is -0.875. The molecule has 2 rings (SSSR count). The van der Waals surface area contributed by atoms with Gasteiger partial charge in [-0.1, -0.05) is 13.0 Å². The lowest BCUT2D eigenvalue weighted by Crippen LogP contribution is -2.18. The van der Waals surface area contributed by atoms with Crippen molar-refractivity contribution in [3.63, 3.8) is 0 Å². The first-order valence-electron chi connectivity index (χ1n) is 4.81. The van der Waals surface area contributed by atoms with Crippen LogP contribution in [0.1, 0.15) is 23.7 Å². The van der Waals surface area contributed by atoms with E-state index in [-0.39, 0.29) is 0 Å². The third kappa shape index (κ3) is 1.93. The van der Waals surface area contributed by atoms with Crippen molar-refractivity contribution in [1.82, 2.24) is 4.41 Å². The molecule has 1 aliphatic heterocycles. The fourth-order valence-corrected chi connectivity index (χ4v) is 2.57. The van der Waals surface area contributed by atoms with Gasteiger partial charge in [0.1, 0.15) is 0 Å². The van der Waals surface area contributed by atoms with Crippen LogP contribution >= 0.6 is 11.9 Å². The molecule has 0 amide bonds. The largest absolute Gasteiger partial charge is 0.478 e. The molecule has 0 spiro atoms. The summed E-state index contributed by atoms with van der Waals surface area (Å²) >= 11 is 1.46. The molecule has 0 bridgehead atoms. The zero-order valence-electron chi connectivity index (χ0n) is 8.36. The van der Waals surface area contributed by atoms with Gasteiger partial charge in [0.15, 0.2) is 0 Å². The first-order valence-corrected chi connectivity index (χ1v) is 5.58. The highest BCUT2D eigenvalue weighted by molar-refractivity contribution is 7.97. The number of carbonyl (C=O) groups is 1. The Labute approximate surface area is 92.4 Å². The fourth-order valence-electron chi connectivity index (χ4n) is 1.46. The van der Waals surface area contributed by atoms with E-state index >= 15 is 0 Å². The summed E-state index contributed by atoms with van der Waals surface area (Å²) in [6.45, 7) is 2.97. The van der Waals surface area contributed by atoms with Gasteiger partial charge in [0.25, 0.3) is 0 Å². The van der Waals surface area contributed by atoms with Gasteiger partial charge in [0, 0.05) is 6.54 Å². The summed E-state index contributed by atoms with van der Waals surface area (Å²) in [6, 6.07) is 5.28. The van der Waals surface area contributed by atoms with Crippen LogP contribution in [0, 0.1) is 0 Å². The molecular formula is C10H12N2O2S. The molecular weight excluding hydrogens is 212 g/mol. The van der Waals surface area contributed by atoms with E-state index in [1.807, 2.05) is 10.5 Å². The van der Waals surface area contributed by atoms with Crippen LogP contribution in [-0.2, 0) is 0 Å². The van der Waals surface area contributed by atoms with Crippen molar-refractivity contribution < 1.29 is 9.90 Å². The maximum atomic E-state index is 11.0. The van der Waals surface area contributed by atoms with Crippen LogP contribution in [0.3, 0.4) is 0 Å². The molecule has 2 N–H and O–H groups in total. The van der Waals surface area contributed by atoms with Crippen LogP contribution < -0.4 is 5.43 Å². The van der Waals surface area contributed by atoms with Gasteiger partial charge in [-0.15, -0.1) is 0 Å². The van der Waals surface area contributed by atoms with Gasteiger partial charge in [0.2, 0.25) is 0 Å². The summed E-state index contributed by atoms with van der Waals surface area (Å²) in [4.78, 5) is 11.8. The van der Waals surface area contributed by atoms with Crippen LogP contribution in [0.15, 0.2) is 23.1 Å². The second kappa shape index (κ2) is 4.12. The summed E-state index contributed by atoms with van der Waals surface area (Å²) in [5, 5.41) is 9.01. The molecule has 4 nitrogen and oxygen atoms in total. The second-order valence-electron chi connectivity index (χ2n) is 3.29. The maximum absolute atomic E-state index is 11.0. The highest BCUT2D eigenvalue weighted by Gasteiger charge is 2.23. The molecule has 0 saturated carbocycles. The average molecular weight is 224 g/mol. The van der Waals surface area contributed by atoms with E-state index in [0.717, 1.165) is 23.5 Å². The lowest BCUT2D eigenvalue weighted by molar-refractivity contribution is 0.0693. The van der Waals surface area contributed by atoms with Crippen LogP contribution in [0.5, 0.6) is 0 Å². The van der Waals surface area contributed by atoms with Gasteiger partial charge in [-0.3, -0.25) is 0 Å². The molecule has 0 unspecified atom stereocenters. The van der Waals surface area contributed by atoms with Gasteiger partial charge >= 0.3 is 5.97 Å². The number of nitrogens with zero attached hydrogens (tertiary/aromatic N) is 1. The predicted octanol–water partition coefficient (Wildman–Crippen LogP) is 2.44. The summed E-state index contributed by atoms with van der Waals surface area (Å²) in [7, 11) is 0. The van der Waals surface area contributed by atoms with E-state index < -0.39 is 5.97 Å². The number of nitrogens with one attached hydrogen (secondary N) is 1. The Hall–Kier alpha value is -1.20. The molecule has 80 valence electrons. The number of hydrazine groups is 1. The molecule has 15 heavy (non-hydrogen) atoms. The van der Waals surface area contributed by atoms with Gasteiger partial charge in [-0.2, -0.15) is 4.41 Å². The minimum absolute atomic E-state index is 0.364. The SMILES string of the molecule is CCCN1Nc2cccc(C(=O)O)c2S1. The molecule has 0 radical (unpaired) electrons. The van der Waals surface area contributed by atoms with Crippen molar-refractivity contribution in [2.45, 2.75) is 18.2 Å². The highest BCUT2D eigenvalue weighted by atomic mass is 32.2. The van der Waals surface area contributed by atoms with Crippen LogP contribution in [0.2, 0.25) is 0 Å². The normalized spacial score (nSPS) is 14.7. The Kier molecular flexibility index (Phi) is 2.83. The fraction of sp³-hybridized carbons (Fsp3) is 0.300. The number of anilines is 1. The van der Waals surface area contributed by atoms with Crippen LogP contribution in [-0.4, -0.2) is 22.0 Å². The zero-order valence-corrected chi connectivity index (χ0v) is 9.17.